The first-order valence-electron chi connectivity index (χ1n) is 9.68. The fraction of sp³-hybridized carbons (Fsp3) is 0.429. The van der Waals surface area contributed by atoms with Crippen LogP contribution in [0.25, 0.3) is 0 Å². The van der Waals surface area contributed by atoms with Crippen molar-refractivity contribution >= 4 is 27.3 Å². The molecule has 1 N–H and O–H groups in total. The lowest BCUT2D eigenvalue weighted by Gasteiger charge is -2.30. The third kappa shape index (κ3) is 4.67. The van der Waals surface area contributed by atoms with Gasteiger partial charge < -0.3 is 14.7 Å². The number of sulfone groups is 1. The molecule has 0 atom stereocenters. The standard InChI is InChI=1S/C21H27N3O5S/c1-14-9-17(23-5-7-30(27,28)8-6-23)11-18(10-14)24(21(25)26)13-19-16(3)20(29-4)15(2)12-22-19/h9-12H,5-8,13H2,1-4H3,(H,25,26). The summed E-state index contributed by atoms with van der Waals surface area (Å²) in [6.07, 6.45) is 0.588. The molecule has 3 rings (SSSR count). The second-order valence-corrected chi connectivity index (χ2v) is 9.88. The van der Waals surface area contributed by atoms with Gasteiger partial charge in [0.2, 0.25) is 0 Å². The molecule has 0 unspecified atom stereocenters. The molecule has 1 aliphatic heterocycles. The maximum Gasteiger partial charge on any atom is 0.412 e. The average molecular weight is 434 g/mol. The van der Waals surface area contributed by atoms with E-state index >= 15 is 0 Å². The largest absolute Gasteiger partial charge is 0.496 e. The van der Waals surface area contributed by atoms with E-state index in [-0.39, 0.29) is 18.1 Å². The Morgan fingerprint density at radius 2 is 1.87 bits per heavy atom. The SMILES string of the molecule is COc1c(C)cnc(CN(C(=O)O)c2cc(C)cc(N3CCS(=O)(=O)CC3)c2)c1C. The first-order valence-corrected chi connectivity index (χ1v) is 11.5. The van der Waals surface area contributed by atoms with E-state index in [0.29, 0.717) is 30.2 Å². The van der Waals surface area contributed by atoms with E-state index in [1.807, 2.05) is 31.7 Å². The summed E-state index contributed by atoms with van der Waals surface area (Å²) in [5.74, 6) is 0.904. The third-order valence-corrected chi connectivity index (χ3v) is 6.97. The molecule has 0 aliphatic carbocycles. The zero-order valence-corrected chi connectivity index (χ0v) is 18.5. The molecule has 0 saturated carbocycles. The van der Waals surface area contributed by atoms with Gasteiger partial charge in [0.1, 0.15) is 5.75 Å². The monoisotopic (exact) mass is 433 g/mol. The molecule has 0 spiro atoms. The van der Waals surface area contributed by atoms with Gasteiger partial charge in [-0.2, -0.15) is 0 Å². The van der Waals surface area contributed by atoms with Crippen LogP contribution in [-0.2, 0) is 16.4 Å². The van der Waals surface area contributed by atoms with E-state index in [9.17, 15) is 18.3 Å². The van der Waals surface area contributed by atoms with E-state index in [4.69, 9.17) is 4.74 Å². The molecule has 0 radical (unpaired) electrons. The molecular weight excluding hydrogens is 406 g/mol. The molecule has 30 heavy (non-hydrogen) atoms. The second kappa shape index (κ2) is 8.51. The van der Waals surface area contributed by atoms with Crippen molar-refractivity contribution < 1.29 is 23.1 Å². The van der Waals surface area contributed by atoms with Gasteiger partial charge in [0, 0.05) is 41.8 Å². The number of ether oxygens (including phenoxy) is 1. The van der Waals surface area contributed by atoms with Gasteiger partial charge in [0.25, 0.3) is 0 Å². The maximum absolute atomic E-state index is 12.1. The van der Waals surface area contributed by atoms with Crippen LogP contribution in [0.1, 0.15) is 22.4 Å². The van der Waals surface area contributed by atoms with Crippen LogP contribution in [0.4, 0.5) is 16.2 Å². The molecule has 9 heteroatoms. The highest BCUT2D eigenvalue weighted by Gasteiger charge is 2.24. The van der Waals surface area contributed by atoms with Crippen molar-refractivity contribution in [3.05, 3.63) is 46.8 Å². The number of rotatable bonds is 5. The Labute approximate surface area is 177 Å². The van der Waals surface area contributed by atoms with Gasteiger partial charge in [-0.3, -0.25) is 9.88 Å². The average Bonchev–Trinajstić information content (AvgIpc) is 2.67. The van der Waals surface area contributed by atoms with Crippen molar-refractivity contribution in [2.75, 3.05) is 41.5 Å². The van der Waals surface area contributed by atoms with Crippen LogP contribution in [0.3, 0.4) is 0 Å². The summed E-state index contributed by atoms with van der Waals surface area (Å²) in [6.45, 7) is 6.52. The fourth-order valence-corrected chi connectivity index (χ4v) is 4.90. The number of hydrogen-bond donors (Lipinski definition) is 1. The minimum atomic E-state index is -3.00. The number of carboxylic acid groups (broad SMARTS) is 1. The van der Waals surface area contributed by atoms with E-state index in [1.165, 1.54) is 4.90 Å². The van der Waals surface area contributed by atoms with Crippen LogP contribution in [0.15, 0.2) is 24.4 Å². The number of aromatic nitrogens is 1. The van der Waals surface area contributed by atoms with Gasteiger partial charge in [0.15, 0.2) is 9.84 Å². The Morgan fingerprint density at radius 1 is 1.20 bits per heavy atom. The van der Waals surface area contributed by atoms with Gasteiger partial charge in [-0.25, -0.2) is 13.2 Å². The Balaban J connectivity index is 1.94. The van der Waals surface area contributed by atoms with E-state index in [1.54, 1.807) is 25.4 Å². The molecule has 1 aliphatic rings. The summed E-state index contributed by atoms with van der Waals surface area (Å²) in [6, 6.07) is 5.54. The predicted molar refractivity (Wildman–Crippen MR) is 117 cm³/mol. The van der Waals surface area contributed by atoms with Crippen LogP contribution < -0.4 is 14.5 Å². The van der Waals surface area contributed by atoms with E-state index in [0.717, 1.165) is 22.4 Å². The number of pyridine rings is 1. The molecule has 0 bridgehead atoms. The van der Waals surface area contributed by atoms with Crippen LogP contribution in [0, 0.1) is 20.8 Å². The van der Waals surface area contributed by atoms with Crippen molar-refractivity contribution in [2.24, 2.45) is 0 Å². The summed E-state index contributed by atoms with van der Waals surface area (Å²) in [4.78, 5) is 19.8. The number of anilines is 2. The molecular formula is C21H27N3O5S. The van der Waals surface area contributed by atoms with Crippen molar-refractivity contribution in [3.63, 3.8) is 0 Å². The zero-order chi connectivity index (χ0) is 22.1. The zero-order valence-electron chi connectivity index (χ0n) is 17.7. The lowest BCUT2D eigenvalue weighted by Crippen LogP contribution is -2.40. The minimum Gasteiger partial charge on any atom is -0.496 e. The van der Waals surface area contributed by atoms with Crippen LogP contribution in [0.2, 0.25) is 0 Å². The molecule has 1 aromatic heterocycles. The lowest BCUT2D eigenvalue weighted by molar-refractivity contribution is 0.201. The van der Waals surface area contributed by atoms with Crippen LogP contribution in [-0.4, -0.2) is 56.3 Å². The quantitative estimate of drug-likeness (QED) is 0.774. The smallest absolute Gasteiger partial charge is 0.412 e. The summed E-state index contributed by atoms with van der Waals surface area (Å²) in [5, 5.41) is 9.89. The molecule has 1 fully saturated rings. The Bertz CT molecular complexity index is 1050. The van der Waals surface area contributed by atoms with E-state index in [2.05, 4.69) is 4.98 Å². The van der Waals surface area contributed by atoms with Gasteiger partial charge in [-0.15, -0.1) is 0 Å². The minimum absolute atomic E-state index is 0.0785. The number of benzene rings is 1. The predicted octanol–water partition coefficient (Wildman–Crippen LogP) is 2.93. The van der Waals surface area contributed by atoms with Gasteiger partial charge >= 0.3 is 6.09 Å². The van der Waals surface area contributed by atoms with Gasteiger partial charge in [-0.1, -0.05) is 0 Å². The normalized spacial score (nSPS) is 15.7. The van der Waals surface area contributed by atoms with Crippen LogP contribution >= 0.6 is 0 Å². The van der Waals surface area contributed by atoms with Crippen molar-refractivity contribution in [1.29, 1.82) is 0 Å². The highest BCUT2D eigenvalue weighted by molar-refractivity contribution is 7.91. The second-order valence-electron chi connectivity index (χ2n) is 7.58. The lowest BCUT2D eigenvalue weighted by atomic mass is 10.1. The maximum atomic E-state index is 12.1. The van der Waals surface area contributed by atoms with Crippen molar-refractivity contribution in [2.45, 2.75) is 27.3 Å². The Kier molecular flexibility index (Phi) is 6.21. The molecule has 162 valence electrons. The van der Waals surface area contributed by atoms with Gasteiger partial charge in [0.05, 0.1) is 30.9 Å². The molecule has 2 heterocycles. The number of aryl methyl sites for hydroxylation is 2. The number of carbonyl (C=O) groups is 1. The first kappa shape index (κ1) is 21.9. The summed E-state index contributed by atoms with van der Waals surface area (Å²) < 4.78 is 28.9. The highest BCUT2D eigenvalue weighted by Crippen LogP contribution is 2.30. The molecule has 1 aromatic carbocycles. The Morgan fingerprint density at radius 3 is 2.47 bits per heavy atom. The summed E-state index contributed by atoms with van der Waals surface area (Å²) >= 11 is 0. The van der Waals surface area contributed by atoms with Gasteiger partial charge in [-0.05, 0) is 44.5 Å². The number of nitrogens with zero attached hydrogens (tertiary/aromatic N) is 3. The van der Waals surface area contributed by atoms with Crippen LogP contribution in [0.5, 0.6) is 5.75 Å². The topological polar surface area (TPSA) is 100 Å². The number of hydrogen-bond acceptors (Lipinski definition) is 6. The number of amides is 1. The number of methoxy groups -OCH3 is 1. The fourth-order valence-electron chi connectivity index (χ4n) is 3.70. The van der Waals surface area contributed by atoms with Crippen molar-refractivity contribution in [3.8, 4) is 5.75 Å². The molecule has 1 saturated heterocycles. The summed E-state index contributed by atoms with van der Waals surface area (Å²) in [7, 11) is -1.41. The van der Waals surface area contributed by atoms with E-state index < -0.39 is 15.9 Å². The third-order valence-electron chi connectivity index (χ3n) is 5.36. The highest BCUT2D eigenvalue weighted by atomic mass is 32.2. The Hall–Kier alpha value is -2.81. The molecule has 1 amide bonds. The van der Waals surface area contributed by atoms with Crippen molar-refractivity contribution in [1.82, 2.24) is 4.98 Å². The first-order chi connectivity index (χ1) is 14.1. The summed E-state index contributed by atoms with van der Waals surface area (Å²) in [5.41, 5.74) is 4.54. The molecule has 2 aromatic rings. The molecule has 8 nitrogen and oxygen atoms in total.